The van der Waals surface area contributed by atoms with E-state index in [0.29, 0.717) is 12.2 Å². The lowest BCUT2D eigenvalue weighted by Gasteiger charge is -1.82. The number of carbonyl (C=O) groups is 1. The first-order valence-electron chi connectivity index (χ1n) is 3.99. The van der Waals surface area contributed by atoms with Crippen LogP contribution in [0.5, 0.6) is 5.75 Å². The highest BCUT2D eigenvalue weighted by molar-refractivity contribution is 5.48. The van der Waals surface area contributed by atoms with Crippen LogP contribution in [0.3, 0.4) is 0 Å². The molecule has 0 radical (unpaired) electrons. The first kappa shape index (κ1) is 10.7. The number of carbonyl (C=O) groups excluding carboxylic acids is 1. The van der Waals surface area contributed by atoms with Crippen molar-refractivity contribution in [1.82, 2.24) is 0 Å². The second kappa shape index (κ2) is 7.79. The van der Waals surface area contributed by atoms with E-state index in [-0.39, 0.29) is 0 Å². The minimum atomic E-state index is 0.322. The van der Waals surface area contributed by atoms with E-state index in [9.17, 15) is 4.79 Å². The highest BCUT2D eigenvalue weighted by Crippen LogP contribution is 2.02. The van der Waals surface area contributed by atoms with E-state index >= 15 is 0 Å². The summed E-state index contributed by atoms with van der Waals surface area (Å²) in [5, 5.41) is 8.63. The van der Waals surface area contributed by atoms with Crippen molar-refractivity contribution in [2.75, 3.05) is 0 Å². The molecule has 0 spiro atoms. The Morgan fingerprint density at radius 3 is 2.08 bits per heavy atom. The molecule has 0 unspecified atom stereocenters. The summed E-state index contributed by atoms with van der Waals surface area (Å²) in [6, 6.07) is 8.71. The molecule has 0 heterocycles. The molecule has 0 bridgehead atoms. The van der Waals surface area contributed by atoms with Gasteiger partial charge >= 0.3 is 0 Å². The Morgan fingerprint density at radius 2 is 1.92 bits per heavy atom. The number of hydrogen-bond donors (Lipinski definition) is 1. The van der Waals surface area contributed by atoms with Crippen LogP contribution in [-0.4, -0.2) is 11.4 Å². The Hall–Kier alpha value is -1.31. The summed E-state index contributed by atoms with van der Waals surface area (Å²) >= 11 is 0. The molecular weight excluding hydrogens is 152 g/mol. The number of aldehydes is 1. The van der Waals surface area contributed by atoms with Gasteiger partial charge in [0.1, 0.15) is 12.0 Å². The van der Waals surface area contributed by atoms with Crippen LogP contribution in [0.2, 0.25) is 0 Å². The van der Waals surface area contributed by atoms with Crippen LogP contribution in [0.25, 0.3) is 0 Å². The number of phenols is 1. The third kappa shape index (κ3) is 6.81. The highest BCUT2D eigenvalue weighted by Gasteiger charge is 1.74. The zero-order valence-corrected chi connectivity index (χ0v) is 7.23. The molecule has 1 rings (SSSR count). The summed E-state index contributed by atoms with van der Waals surface area (Å²) in [5.41, 5.74) is 0. The van der Waals surface area contributed by atoms with Crippen molar-refractivity contribution in [2.45, 2.75) is 19.8 Å². The second-order valence-corrected chi connectivity index (χ2v) is 2.29. The SMILES string of the molecule is CCCC=O.Oc1ccccc1. The van der Waals surface area contributed by atoms with E-state index in [1.807, 2.05) is 13.0 Å². The number of unbranched alkanes of at least 4 members (excludes halogenated alkanes) is 1. The lowest BCUT2D eigenvalue weighted by atomic mass is 10.3. The number of rotatable bonds is 2. The molecule has 0 aliphatic carbocycles. The predicted octanol–water partition coefficient (Wildman–Crippen LogP) is 2.38. The van der Waals surface area contributed by atoms with Gasteiger partial charge in [-0.05, 0) is 18.6 Å². The van der Waals surface area contributed by atoms with Crippen molar-refractivity contribution in [2.24, 2.45) is 0 Å². The van der Waals surface area contributed by atoms with Gasteiger partial charge in [0.2, 0.25) is 0 Å². The molecule has 0 aliphatic rings. The number of hydrogen-bond acceptors (Lipinski definition) is 2. The zero-order chi connectivity index (χ0) is 9.23. The number of phenolic OH excluding ortho intramolecular Hbond substituents is 1. The summed E-state index contributed by atoms with van der Waals surface area (Å²) in [4.78, 5) is 9.40. The molecule has 1 aromatic rings. The molecule has 0 saturated heterocycles. The first-order valence-corrected chi connectivity index (χ1v) is 3.99. The topological polar surface area (TPSA) is 37.3 Å². The maximum atomic E-state index is 9.40. The Bertz CT molecular complexity index is 194. The molecule has 0 amide bonds. The fourth-order valence-electron chi connectivity index (χ4n) is 0.546. The standard InChI is InChI=1S/C6H6O.C4H8O/c7-6-4-2-1-3-5-6;1-2-3-4-5/h1-5,7H;4H,2-3H2,1H3. The molecule has 2 nitrogen and oxygen atoms in total. The van der Waals surface area contributed by atoms with Crippen molar-refractivity contribution in [1.29, 1.82) is 0 Å². The van der Waals surface area contributed by atoms with Gasteiger partial charge in [0.25, 0.3) is 0 Å². The third-order valence-electron chi connectivity index (χ3n) is 1.16. The number of aromatic hydroxyl groups is 1. The van der Waals surface area contributed by atoms with E-state index < -0.39 is 0 Å². The first-order chi connectivity index (χ1) is 5.81. The lowest BCUT2D eigenvalue weighted by Crippen LogP contribution is -1.64. The molecule has 0 aromatic heterocycles. The van der Waals surface area contributed by atoms with E-state index in [2.05, 4.69) is 0 Å². The second-order valence-electron chi connectivity index (χ2n) is 2.29. The molecule has 0 aliphatic heterocycles. The Labute approximate surface area is 72.9 Å². The van der Waals surface area contributed by atoms with Gasteiger partial charge in [-0.3, -0.25) is 0 Å². The van der Waals surface area contributed by atoms with Crippen LogP contribution in [0.4, 0.5) is 0 Å². The van der Waals surface area contributed by atoms with Gasteiger partial charge in [0.15, 0.2) is 0 Å². The van der Waals surface area contributed by atoms with Gasteiger partial charge in [0, 0.05) is 6.42 Å². The summed E-state index contributed by atoms with van der Waals surface area (Å²) in [6.45, 7) is 1.98. The van der Waals surface area contributed by atoms with Crippen LogP contribution < -0.4 is 0 Å². The lowest BCUT2D eigenvalue weighted by molar-refractivity contribution is -0.107. The van der Waals surface area contributed by atoms with Gasteiger partial charge in [0.05, 0.1) is 0 Å². The fraction of sp³-hybridized carbons (Fsp3) is 0.300. The van der Waals surface area contributed by atoms with Crippen molar-refractivity contribution < 1.29 is 9.90 Å². The van der Waals surface area contributed by atoms with E-state index in [1.165, 1.54) is 0 Å². The van der Waals surface area contributed by atoms with Crippen LogP contribution in [0.1, 0.15) is 19.8 Å². The minimum absolute atomic E-state index is 0.322. The molecule has 0 saturated carbocycles. The summed E-state index contributed by atoms with van der Waals surface area (Å²) in [6.07, 6.45) is 2.61. The van der Waals surface area contributed by atoms with Crippen molar-refractivity contribution >= 4 is 6.29 Å². The van der Waals surface area contributed by atoms with E-state index in [4.69, 9.17) is 5.11 Å². The maximum absolute atomic E-state index is 9.40. The predicted molar refractivity (Wildman–Crippen MR) is 49.1 cm³/mol. The average Bonchev–Trinajstić information content (AvgIpc) is 2.08. The Kier molecular flexibility index (Phi) is 6.94. The van der Waals surface area contributed by atoms with Crippen molar-refractivity contribution in [3.63, 3.8) is 0 Å². The molecule has 0 fully saturated rings. The molecule has 66 valence electrons. The van der Waals surface area contributed by atoms with E-state index in [0.717, 1.165) is 12.7 Å². The smallest absolute Gasteiger partial charge is 0.119 e. The zero-order valence-electron chi connectivity index (χ0n) is 7.23. The van der Waals surface area contributed by atoms with Gasteiger partial charge in [-0.25, -0.2) is 0 Å². The Balaban J connectivity index is 0.000000217. The number of benzene rings is 1. The van der Waals surface area contributed by atoms with Crippen LogP contribution >= 0.6 is 0 Å². The molecule has 2 heteroatoms. The van der Waals surface area contributed by atoms with Gasteiger partial charge in [-0.2, -0.15) is 0 Å². The molecular formula is C10H14O2. The number of para-hydroxylation sites is 1. The van der Waals surface area contributed by atoms with Gasteiger partial charge < -0.3 is 9.90 Å². The Morgan fingerprint density at radius 1 is 1.33 bits per heavy atom. The average molecular weight is 166 g/mol. The third-order valence-corrected chi connectivity index (χ3v) is 1.16. The van der Waals surface area contributed by atoms with Gasteiger partial charge in [-0.15, -0.1) is 0 Å². The normalized spacial score (nSPS) is 8.08. The van der Waals surface area contributed by atoms with Crippen LogP contribution in [0.15, 0.2) is 30.3 Å². The van der Waals surface area contributed by atoms with Crippen LogP contribution in [0, 0.1) is 0 Å². The summed E-state index contributed by atoms with van der Waals surface area (Å²) in [5.74, 6) is 0.322. The van der Waals surface area contributed by atoms with Gasteiger partial charge in [-0.1, -0.05) is 25.1 Å². The molecule has 12 heavy (non-hydrogen) atoms. The van der Waals surface area contributed by atoms with Crippen molar-refractivity contribution in [3.05, 3.63) is 30.3 Å². The minimum Gasteiger partial charge on any atom is -0.508 e. The van der Waals surface area contributed by atoms with Crippen molar-refractivity contribution in [3.8, 4) is 5.75 Å². The highest BCUT2D eigenvalue weighted by atomic mass is 16.3. The largest absolute Gasteiger partial charge is 0.508 e. The fourth-order valence-corrected chi connectivity index (χ4v) is 0.546. The quantitative estimate of drug-likeness (QED) is 0.685. The van der Waals surface area contributed by atoms with Crippen LogP contribution in [-0.2, 0) is 4.79 Å². The summed E-state index contributed by atoms with van der Waals surface area (Å²) < 4.78 is 0. The monoisotopic (exact) mass is 166 g/mol. The maximum Gasteiger partial charge on any atom is 0.119 e. The molecule has 0 atom stereocenters. The molecule has 1 N–H and O–H groups in total. The summed E-state index contributed by atoms with van der Waals surface area (Å²) in [7, 11) is 0. The molecule has 1 aromatic carbocycles. The van der Waals surface area contributed by atoms with E-state index in [1.54, 1.807) is 24.3 Å².